The first kappa shape index (κ1) is 36.1. The first-order valence-electron chi connectivity index (χ1n) is 18.2. The Hall–Kier alpha value is -2.66. The third-order valence-corrected chi connectivity index (χ3v) is 13.7. The van der Waals surface area contributed by atoms with E-state index in [1.807, 2.05) is 24.3 Å². The summed E-state index contributed by atoms with van der Waals surface area (Å²) in [5, 5.41) is 3.31. The summed E-state index contributed by atoms with van der Waals surface area (Å²) in [5.41, 5.74) is 3.54. The molecule has 3 aliphatic carbocycles. The zero-order valence-corrected chi connectivity index (χ0v) is 31.7. The quantitative estimate of drug-likeness (QED) is 0.297. The van der Waals surface area contributed by atoms with Crippen molar-refractivity contribution in [1.82, 2.24) is 19.4 Å². The summed E-state index contributed by atoms with van der Waals surface area (Å²) in [5.74, 6) is 3.07. The van der Waals surface area contributed by atoms with E-state index in [-0.39, 0.29) is 42.5 Å². The van der Waals surface area contributed by atoms with Crippen LogP contribution in [0.5, 0.6) is 11.5 Å². The van der Waals surface area contributed by atoms with E-state index in [1.165, 1.54) is 10.7 Å². The van der Waals surface area contributed by atoms with Gasteiger partial charge in [0.2, 0.25) is 22.7 Å². The molecule has 1 unspecified atom stereocenters. The van der Waals surface area contributed by atoms with E-state index in [0.29, 0.717) is 42.7 Å². The SMILES string of the molecule is C[C@@H]1[C@@H](NC(=O)C2CCS(=O)(=O)N2Cc2cccc(CN(Cc3cccc4c3OCO4)[C@H](CN(C)C)CC(C)(C)C)c2)C[C@@H]2C[C@H]1C2(C)C. The summed E-state index contributed by atoms with van der Waals surface area (Å²) in [6.07, 6.45) is 3.54. The fourth-order valence-electron chi connectivity index (χ4n) is 9.13. The van der Waals surface area contributed by atoms with E-state index in [2.05, 4.69) is 89.0 Å². The lowest BCUT2D eigenvalue weighted by atomic mass is 9.45. The molecule has 1 saturated heterocycles. The Kier molecular flexibility index (Phi) is 10.2. The van der Waals surface area contributed by atoms with Gasteiger partial charge in [-0.3, -0.25) is 9.69 Å². The molecule has 1 amide bonds. The number of benzene rings is 2. The molecule has 0 spiro atoms. The number of likely N-dealkylation sites (N-methyl/N-ethyl adjacent to an activating group) is 1. The van der Waals surface area contributed by atoms with E-state index < -0.39 is 16.1 Å². The standard InChI is InChI=1S/C39H58N4O5S/c1-26-32-18-30(39(32,5)6)19-33(26)40-37(44)34-15-16-49(45,46)43(34)22-28-12-9-11-27(17-28)21-42(31(24-41(7)8)20-38(2,3)4)23-29-13-10-14-35-36(29)48-25-47-35/h9-14,17,26,30-34H,15-16,18-25H2,1-8H3,(H,40,44)/t26-,30-,31-,32+,33-,34?/m0/s1. The Labute approximate surface area is 294 Å². The number of rotatable bonds is 12. The van der Waals surface area contributed by atoms with E-state index in [9.17, 15) is 13.2 Å². The van der Waals surface area contributed by atoms with Crippen LogP contribution >= 0.6 is 0 Å². The Bertz CT molecular complexity index is 1620. The third kappa shape index (κ3) is 7.82. The van der Waals surface area contributed by atoms with Gasteiger partial charge in [0.05, 0.1) is 5.75 Å². The van der Waals surface area contributed by atoms with Crippen molar-refractivity contribution in [3.63, 3.8) is 0 Å². The summed E-state index contributed by atoms with van der Waals surface area (Å²) in [7, 11) is 0.683. The van der Waals surface area contributed by atoms with Crippen LogP contribution in [-0.4, -0.2) is 79.7 Å². The highest BCUT2D eigenvalue weighted by Gasteiger charge is 2.56. The smallest absolute Gasteiger partial charge is 0.238 e. The maximum atomic E-state index is 13.7. The lowest BCUT2D eigenvalue weighted by Gasteiger charge is -2.62. The number of carbonyl (C=O) groups is 1. The van der Waals surface area contributed by atoms with Crippen LogP contribution in [0.15, 0.2) is 42.5 Å². The van der Waals surface area contributed by atoms with E-state index in [1.54, 1.807) is 0 Å². The lowest BCUT2D eigenvalue weighted by Crippen LogP contribution is -2.61. The van der Waals surface area contributed by atoms with Gasteiger partial charge in [0.25, 0.3) is 0 Å². The van der Waals surface area contributed by atoms with E-state index in [0.717, 1.165) is 47.6 Å². The van der Waals surface area contributed by atoms with E-state index in [4.69, 9.17) is 9.47 Å². The molecule has 4 fully saturated rings. The lowest BCUT2D eigenvalue weighted by molar-refractivity contribution is -0.136. The van der Waals surface area contributed by atoms with Crippen LogP contribution in [0.4, 0.5) is 0 Å². The minimum absolute atomic E-state index is 0.00323. The molecule has 0 radical (unpaired) electrons. The number of sulfonamides is 1. The van der Waals surface area contributed by atoms with Crippen molar-refractivity contribution in [2.24, 2.45) is 28.6 Å². The summed E-state index contributed by atoms with van der Waals surface area (Å²) in [4.78, 5) is 18.5. The molecular formula is C39H58N4O5S. The molecule has 0 aromatic heterocycles. The molecule has 5 aliphatic rings. The molecule has 6 atom stereocenters. The summed E-state index contributed by atoms with van der Waals surface area (Å²) < 4.78 is 39.8. The number of hydrogen-bond donors (Lipinski definition) is 1. The average molecular weight is 695 g/mol. The second-order valence-corrected chi connectivity index (χ2v) is 19.3. The van der Waals surface area contributed by atoms with Crippen molar-refractivity contribution < 1.29 is 22.7 Å². The van der Waals surface area contributed by atoms with Gasteiger partial charge in [0, 0.05) is 43.8 Å². The fourth-order valence-corrected chi connectivity index (χ4v) is 10.8. The second kappa shape index (κ2) is 13.8. The molecule has 2 aromatic carbocycles. The molecule has 270 valence electrons. The number of amides is 1. The van der Waals surface area contributed by atoms with Gasteiger partial charge in [0.15, 0.2) is 11.5 Å². The van der Waals surface area contributed by atoms with Gasteiger partial charge in [-0.2, -0.15) is 4.31 Å². The predicted octanol–water partition coefficient (Wildman–Crippen LogP) is 5.87. The predicted molar refractivity (Wildman–Crippen MR) is 193 cm³/mol. The van der Waals surface area contributed by atoms with Crippen molar-refractivity contribution in [2.75, 3.05) is 33.2 Å². The van der Waals surface area contributed by atoms with Crippen molar-refractivity contribution in [1.29, 1.82) is 0 Å². The topological polar surface area (TPSA) is 91.4 Å². The Morgan fingerprint density at radius 3 is 2.49 bits per heavy atom. The average Bonchev–Trinajstić information content (AvgIpc) is 3.61. The highest BCUT2D eigenvalue weighted by molar-refractivity contribution is 7.89. The van der Waals surface area contributed by atoms with Gasteiger partial charge >= 0.3 is 0 Å². The van der Waals surface area contributed by atoms with E-state index >= 15 is 0 Å². The van der Waals surface area contributed by atoms with Crippen LogP contribution in [0.1, 0.15) is 83.9 Å². The van der Waals surface area contributed by atoms with Crippen LogP contribution in [0.3, 0.4) is 0 Å². The van der Waals surface area contributed by atoms with Crippen LogP contribution < -0.4 is 14.8 Å². The number of para-hydroxylation sites is 1. The zero-order valence-electron chi connectivity index (χ0n) is 30.9. The molecule has 7 rings (SSSR count). The van der Waals surface area contributed by atoms with Crippen LogP contribution in [-0.2, 0) is 34.5 Å². The largest absolute Gasteiger partial charge is 0.454 e. The fraction of sp³-hybridized carbons (Fsp3) is 0.667. The number of hydrogen-bond acceptors (Lipinski definition) is 7. The summed E-state index contributed by atoms with van der Waals surface area (Å²) in [6, 6.07) is 14.0. The van der Waals surface area contributed by atoms with Crippen molar-refractivity contribution in [2.45, 2.75) is 105 Å². The highest BCUT2D eigenvalue weighted by Crippen LogP contribution is 2.61. The van der Waals surface area contributed by atoms with Crippen LogP contribution in [0, 0.1) is 28.6 Å². The molecule has 2 aliphatic heterocycles. The second-order valence-electron chi connectivity index (χ2n) is 17.3. The number of carbonyl (C=O) groups excluding carboxylic acids is 1. The normalized spacial score (nSPS) is 27.7. The molecule has 1 N–H and O–H groups in total. The molecule has 2 heterocycles. The Morgan fingerprint density at radius 1 is 1.06 bits per heavy atom. The third-order valence-electron chi connectivity index (χ3n) is 11.8. The van der Waals surface area contributed by atoms with Crippen molar-refractivity contribution >= 4 is 15.9 Å². The summed E-state index contributed by atoms with van der Waals surface area (Å²) in [6.45, 7) is 16.5. The Balaban J connectivity index is 1.20. The number of nitrogens with zero attached hydrogens (tertiary/aromatic N) is 3. The summed E-state index contributed by atoms with van der Waals surface area (Å²) >= 11 is 0. The highest BCUT2D eigenvalue weighted by atomic mass is 32.2. The number of ether oxygens (including phenoxy) is 2. The molecule has 2 bridgehead atoms. The van der Waals surface area contributed by atoms with Crippen LogP contribution in [0.25, 0.3) is 0 Å². The number of fused-ring (bicyclic) bond motifs is 3. The molecule has 49 heavy (non-hydrogen) atoms. The minimum Gasteiger partial charge on any atom is -0.454 e. The minimum atomic E-state index is -3.55. The Morgan fingerprint density at radius 2 is 1.80 bits per heavy atom. The molecular weight excluding hydrogens is 637 g/mol. The maximum absolute atomic E-state index is 13.7. The van der Waals surface area contributed by atoms with Crippen molar-refractivity contribution in [3.8, 4) is 11.5 Å². The van der Waals surface area contributed by atoms with Gasteiger partial charge in [-0.1, -0.05) is 77.9 Å². The number of nitrogens with one attached hydrogen (secondary N) is 1. The van der Waals surface area contributed by atoms with Gasteiger partial charge < -0.3 is 19.7 Å². The molecule has 10 heteroatoms. The van der Waals surface area contributed by atoms with Crippen molar-refractivity contribution in [3.05, 3.63) is 59.2 Å². The first-order valence-corrected chi connectivity index (χ1v) is 19.8. The molecule has 2 aromatic rings. The zero-order chi connectivity index (χ0) is 35.3. The van der Waals surface area contributed by atoms with Gasteiger partial charge in [-0.05, 0) is 85.6 Å². The van der Waals surface area contributed by atoms with Gasteiger partial charge in [0.1, 0.15) is 6.04 Å². The van der Waals surface area contributed by atoms with Gasteiger partial charge in [-0.15, -0.1) is 0 Å². The molecule has 9 nitrogen and oxygen atoms in total. The van der Waals surface area contributed by atoms with Crippen LogP contribution in [0.2, 0.25) is 0 Å². The first-order chi connectivity index (χ1) is 23.0. The monoisotopic (exact) mass is 694 g/mol. The maximum Gasteiger partial charge on any atom is 0.238 e. The van der Waals surface area contributed by atoms with Gasteiger partial charge in [-0.25, -0.2) is 8.42 Å². The molecule has 3 saturated carbocycles.